The minimum Gasteiger partial charge on any atom is -0.381 e. The third-order valence-corrected chi connectivity index (χ3v) is 1.53. The predicted molar refractivity (Wildman–Crippen MR) is 46.6 cm³/mol. The van der Waals surface area contributed by atoms with Gasteiger partial charge in [-0.1, -0.05) is 0 Å². The number of nitrogens with zero attached hydrogens (tertiary/aromatic N) is 2. The lowest BCUT2D eigenvalue weighted by Gasteiger charge is -2.10. The summed E-state index contributed by atoms with van der Waals surface area (Å²) in [6.07, 6.45) is 1.60. The van der Waals surface area contributed by atoms with Crippen LogP contribution in [0, 0.1) is 5.92 Å². The molecule has 0 aromatic carbocycles. The van der Waals surface area contributed by atoms with E-state index in [-0.39, 0.29) is 11.8 Å². The Kier molecular flexibility index (Phi) is 3.10. The monoisotopic (exact) mass is 168 g/mol. The summed E-state index contributed by atoms with van der Waals surface area (Å²) in [4.78, 5) is 18.8. The molecule has 0 radical (unpaired) electrons. The second kappa shape index (κ2) is 4.11. The van der Waals surface area contributed by atoms with Crippen LogP contribution in [0.1, 0.15) is 13.8 Å². The summed E-state index contributed by atoms with van der Waals surface area (Å²) < 4.78 is 5.10. The highest BCUT2D eigenvalue weighted by Gasteiger charge is 2.18. The summed E-state index contributed by atoms with van der Waals surface area (Å²) in [5, 5.41) is 0. The Labute approximate surface area is 71.4 Å². The van der Waals surface area contributed by atoms with Crippen LogP contribution in [0.3, 0.4) is 0 Å². The van der Waals surface area contributed by atoms with Gasteiger partial charge in [-0.3, -0.25) is 4.79 Å². The molecule has 1 aliphatic heterocycles. The molecule has 0 saturated heterocycles. The fraction of sp³-hybridized carbons (Fsp3) is 0.625. The molecule has 66 valence electrons. The van der Waals surface area contributed by atoms with Crippen LogP contribution >= 0.6 is 0 Å². The van der Waals surface area contributed by atoms with Gasteiger partial charge < -0.3 is 4.74 Å². The molecule has 0 spiro atoms. The van der Waals surface area contributed by atoms with Crippen molar-refractivity contribution in [1.29, 1.82) is 0 Å². The molecule has 0 N–H and O–H groups in total. The number of aliphatic imine (C=N–C) groups is 2. The summed E-state index contributed by atoms with van der Waals surface area (Å²) in [7, 11) is 0. The molecule has 0 aromatic rings. The van der Waals surface area contributed by atoms with Crippen LogP contribution in [-0.4, -0.2) is 31.2 Å². The molecule has 0 bridgehead atoms. The van der Waals surface area contributed by atoms with Crippen molar-refractivity contribution in [1.82, 2.24) is 0 Å². The minimum absolute atomic E-state index is 0.157. The Morgan fingerprint density at radius 1 is 1.67 bits per heavy atom. The van der Waals surface area contributed by atoms with Gasteiger partial charge in [0.1, 0.15) is 5.84 Å². The lowest BCUT2D eigenvalue weighted by molar-refractivity contribution is -0.121. The molecule has 1 rings (SSSR count). The number of carbonyl (C=O) groups is 1. The van der Waals surface area contributed by atoms with Gasteiger partial charge in [0.25, 0.3) is 5.91 Å². The zero-order valence-corrected chi connectivity index (χ0v) is 7.28. The Bertz CT molecular complexity index is 233. The largest absolute Gasteiger partial charge is 0.381 e. The molecule has 1 heterocycles. The molecular formula is C8H12N2O2. The SMILES string of the molecule is CCOC[C@H]1C=NC(C)=NC1=O. The van der Waals surface area contributed by atoms with Crippen molar-refractivity contribution < 1.29 is 9.53 Å². The number of amidine groups is 1. The van der Waals surface area contributed by atoms with Crippen molar-refractivity contribution in [2.24, 2.45) is 15.9 Å². The van der Waals surface area contributed by atoms with Gasteiger partial charge in [0.15, 0.2) is 0 Å². The van der Waals surface area contributed by atoms with E-state index >= 15 is 0 Å². The smallest absolute Gasteiger partial charge is 0.258 e. The van der Waals surface area contributed by atoms with Gasteiger partial charge in [0.2, 0.25) is 0 Å². The van der Waals surface area contributed by atoms with Gasteiger partial charge >= 0.3 is 0 Å². The first-order valence-electron chi connectivity index (χ1n) is 3.95. The highest BCUT2D eigenvalue weighted by molar-refractivity contribution is 6.08. The van der Waals surface area contributed by atoms with Gasteiger partial charge in [0.05, 0.1) is 12.5 Å². The Balaban J connectivity index is 2.49. The first kappa shape index (κ1) is 9.06. The first-order chi connectivity index (χ1) is 5.74. The summed E-state index contributed by atoms with van der Waals surface area (Å²) in [5.41, 5.74) is 0. The lowest BCUT2D eigenvalue weighted by atomic mass is 10.1. The third kappa shape index (κ3) is 2.23. The summed E-state index contributed by atoms with van der Waals surface area (Å²) >= 11 is 0. The molecule has 0 aliphatic carbocycles. The normalized spacial score (nSPS) is 22.7. The average molecular weight is 168 g/mol. The Morgan fingerprint density at radius 2 is 2.42 bits per heavy atom. The molecule has 1 atom stereocenters. The van der Waals surface area contributed by atoms with Crippen LogP contribution in [0.15, 0.2) is 9.98 Å². The van der Waals surface area contributed by atoms with E-state index in [4.69, 9.17) is 4.74 Å². The van der Waals surface area contributed by atoms with Crippen molar-refractivity contribution in [2.45, 2.75) is 13.8 Å². The number of hydrogen-bond donors (Lipinski definition) is 0. The van der Waals surface area contributed by atoms with E-state index in [9.17, 15) is 4.79 Å². The fourth-order valence-electron chi connectivity index (χ4n) is 0.892. The quantitative estimate of drug-likeness (QED) is 0.621. The van der Waals surface area contributed by atoms with E-state index in [1.807, 2.05) is 6.92 Å². The van der Waals surface area contributed by atoms with Crippen LogP contribution in [0.5, 0.6) is 0 Å². The maximum Gasteiger partial charge on any atom is 0.258 e. The number of hydrogen-bond acceptors (Lipinski definition) is 3. The van der Waals surface area contributed by atoms with Crippen LogP contribution in [-0.2, 0) is 9.53 Å². The van der Waals surface area contributed by atoms with Gasteiger partial charge in [0, 0.05) is 12.8 Å². The topological polar surface area (TPSA) is 51.0 Å². The average Bonchev–Trinajstić information content (AvgIpc) is 2.03. The number of amides is 1. The van der Waals surface area contributed by atoms with Crippen LogP contribution in [0.4, 0.5) is 0 Å². The van der Waals surface area contributed by atoms with E-state index in [1.54, 1.807) is 13.1 Å². The molecule has 0 fully saturated rings. The molecule has 0 saturated carbocycles. The zero-order valence-electron chi connectivity index (χ0n) is 7.28. The maximum atomic E-state index is 11.2. The number of ether oxygens (including phenoxy) is 1. The molecule has 4 nitrogen and oxygen atoms in total. The third-order valence-electron chi connectivity index (χ3n) is 1.53. The highest BCUT2D eigenvalue weighted by atomic mass is 16.5. The van der Waals surface area contributed by atoms with E-state index in [1.165, 1.54) is 0 Å². The van der Waals surface area contributed by atoms with Crippen molar-refractivity contribution >= 4 is 18.0 Å². The second-order valence-electron chi connectivity index (χ2n) is 2.54. The zero-order chi connectivity index (χ0) is 8.97. The lowest BCUT2D eigenvalue weighted by Crippen LogP contribution is -2.24. The number of carbonyl (C=O) groups excluding carboxylic acids is 1. The Hall–Kier alpha value is -1.03. The van der Waals surface area contributed by atoms with Gasteiger partial charge in [-0.25, -0.2) is 4.99 Å². The molecule has 1 aliphatic rings. The van der Waals surface area contributed by atoms with Crippen LogP contribution < -0.4 is 0 Å². The van der Waals surface area contributed by atoms with E-state index in [2.05, 4.69) is 9.98 Å². The summed E-state index contributed by atoms with van der Waals surface area (Å²) in [5.74, 6) is 0.0809. The minimum atomic E-state index is -0.284. The van der Waals surface area contributed by atoms with Crippen LogP contribution in [0.2, 0.25) is 0 Å². The number of rotatable bonds is 3. The van der Waals surface area contributed by atoms with Crippen LogP contribution in [0.25, 0.3) is 0 Å². The molecule has 0 aromatic heterocycles. The highest BCUT2D eigenvalue weighted by Crippen LogP contribution is 2.03. The summed E-state index contributed by atoms with van der Waals surface area (Å²) in [6.45, 7) is 4.58. The Morgan fingerprint density at radius 3 is 3.00 bits per heavy atom. The van der Waals surface area contributed by atoms with Crippen molar-refractivity contribution in [3.8, 4) is 0 Å². The maximum absolute atomic E-state index is 11.2. The standard InChI is InChI=1S/C8H12N2O2/c1-3-12-5-7-4-9-6(2)10-8(7)11/h4,7H,3,5H2,1-2H3/t7-/m1/s1. The van der Waals surface area contributed by atoms with E-state index < -0.39 is 0 Å². The molecular weight excluding hydrogens is 156 g/mol. The van der Waals surface area contributed by atoms with Gasteiger partial charge in [-0.2, -0.15) is 4.99 Å². The van der Waals surface area contributed by atoms with E-state index in [0.29, 0.717) is 19.0 Å². The fourth-order valence-corrected chi connectivity index (χ4v) is 0.892. The summed E-state index contributed by atoms with van der Waals surface area (Å²) in [6, 6.07) is 0. The molecule has 1 amide bonds. The van der Waals surface area contributed by atoms with Gasteiger partial charge in [-0.15, -0.1) is 0 Å². The molecule has 12 heavy (non-hydrogen) atoms. The first-order valence-corrected chi connectivity index (χ1v) is 3.95. The molecule has 0 unspecified atom stereocenters. The van der Waals surface area contributed by atoms with E-state index in [0.717, 1.165) is 0 Å². The van der Waals surface area contributed by atoms with Crippen molar-refractivity contribution in [3.63, 3.8) is 0 Å². The van der Waals surface area contributed by atoms with Crippen molar-refractivity contribution in [2.75, 3.05) is 13.2 Å². The van der Waals surface area contributed by atoms with Gasteiger partial charge in [-0.05, 0) is 13.8 Å². The molecule has 4 heteroatoms. The van der Waals surface area contributed by atoms with Crippen molar-refractivity contribution in [3.05, 3.63) is 0 Å². The predicted octanol–water partition coefficient (Wildman–Crippen LogP) is 0.669. The second-order valence-corrected chi connectivity index (χ2v) is 2.54.